The van der Waals surface area contributed by atoms with E-state index in [1.807, 2.05) is 12.1 Å². The maximum atomic E-state index is 5.46. The molecule has 2 aliphatic rings. The Kier molecular flexibility index (Phi) is 10.8. The zero-order valence-corrected chi connectivity index (χ0v) is 22.0. The molecule has 0 amide bonds. The first-order valence-electron chi connectivity index (χ1n) is 12.0. The molecule has 0 aliphatic carbocycles. The highest BCUT2D eigenvalue weighted by atomic mass is 127. The Balaban J connectivity index is 0.00000306. The molecule has 2 saturated heterocycles. The Morgan fingerprint density at radius 2 is 1.91 bits per heavy atom. The number of nitrogens with one attached hydrogen (secondary N) is 2. The van der Waals surface area contributed by atoms with Crippen LogP contribution in [0, 0.1) is 0 Å². The van der Waals surface area contributed by atoms with Gasteiger partial charge in [0, 0.05) is 51.4 Å². The largest absolute Gasteiger partial charge is 0.469 e. The summed E-state index contributed by atoms with van der Waals surface area (Å²) >= 11 is 0. The summed E-state index contributed by atoms with van der Waals surface area (Å²) in [6.45, 7) is 10.6. The lowest BCUT2D eigenvalue weighted by atomic mass is 10.1. The molecule has 7 nitrogen and oxygen atoms in total. The van der Waals surface area contributed by atoms with Crippen LogP contribution >= 0.6 is 24.0 Å². The first-order chi connectivity index (χ1) is 15.8. The van der Waals surface area contributed by atoms with Gasteiger partial charge in [0.25, 0.3) is 0 Å². The van der Waals surface area contributed by atoms with Crippen molar-refractivity contribution in [1.82, 2.24) is 15.5 Å². The molecule has 1 unspecified atom stereocenters. The monoisotopic (exact) mass is 567 g/mol. The molecular weight excluding hydrogens is 529 g/mol. The molecule has 0 saturated carbocycles. The third kappa shape index (κ3) is 8.19. The van der Waals surface area contributed by atoms with Crippen LogP contribution < -0.4 is 15.5 Å². The molecule has 8 heteroatoms. The SMILES string of the molecule is CC(NC(=NCCN1CCOCC1)NCCc1ccco1)c1cccc(N2CCCC2)c1.I. The van der Waals surface area contributed by atoms with Gasteiger partial charge in [0.05, 0.1) is 32.1 Å². The van der Waals surface area contributed by atoms with Crippen LogP contribution in [-0.2, 0) is 11.2 Å². The van der Waals surface area contributed by atoms with Gasteiger partial charge in [0.1, 0.15) is 5.76 Å². The molecule has 0 spiro atoms. The summed E-state index contributed by atoms with van der Waals surface area (Å²) in [6.07, 6.45) is 5.13. The van der Waals surface area contributed by atoms with E-state index in [1.165, 1.54) is 24.1 Å². The van der Waals surface area contributed by atoms with E-state index in [9.17, 15) is 0 Å². The number of guanidine groups is 1. The molecular formula is C25H38IN5O2. The second-order valence-corrected chi connectivity index (χ2v) is 8.60. The minimum Gasteiger partial charge on any atom is -0.469 e. The van der Waals surface area contributed by atoms with E-state index in [0.717, 1.165) is 77.2 Å². The van der Waals surface area contributed by atoms with Crippen molar-refractivity contribution in [1.29, 1.82) is 0 Å². The molecule has 0 bridgehead atoms. The topological polar surface area (TPSA) is 65.3 Å². The molecule has 182 valence electrons. The fourth-order valence-corrected chi connectivity index (χ4v) is 4.29. The van der Waals surface area contributed by atoms with E-state index in [4.69, 9.17) is 14.1 Å². The van der Waals surface area contributed by atoms with Crippen molar-refractivity contribution in [3.63, 3.8) is 0 Å². The Hall–Kier alpha value is -1.78. The Labute approximate surface area is 215 Å². The van der Waals surface area contributed by atoms with Crippen LogP contribution in [-0.4, -0.2) is 69.9 Å². The maximum Gasteiger partial charge on any atom is 0.191 e. The third-order valence-corrected chi connectivity index (χ3v) is 6.23. The van der Waals surface area contributed by atoms with Crippen molar-refractivity contribution in [3.8, 4) is 0 Å². The Morgan fingerprint density at radius 1 is 1.09 bits per heavy atom. The first-order valence-corrected chi connectivity index (χ1v) is 12.0. The van der Waals surface area contributed by atoms with E-state index in [0.29, 0.717) is 0 Å². The van der Waals surface area contributed by atoms with Gasteiger partial charge in [0.2, 0.25) is 0 Å². The third-order valence-electron chi connectivity index (χ3n) is 6.23. The van der Waals surface area contributed by atoms with Crippen LogP contribution in [0.4, 0.5) is 5.69 Å². The minimum absolute atomic E-state index is 0. The molecule has 1 aromatic carbocycles. The highest BCUT2D eigenvalue weighted by Gasteiger charge is 2.15. The molecule has 2 aliphatic heterocycles. The standard InChI is InChI=1S/C25H37N5O2.HI/c1-21(22-6-4-7-23(20-22)30-12-2-3-13-30)28-25(26-10-9-24-8-5-17-32-24)27-11-14-29-15-18-31-19-16-29;/h4-8,17,20-21H,2-3,9-16,18-19H2,1H3,(H2,26,27,28);1H. The van der Waals surface area contributed by atoms with Crippen molar-refractivity contribution in [3.05, 3.63) is 54.0 Å². The van der Waals surface area contributed by atoms with Gasteiger partial charge < -0.3 is 24.7 Å². The zero-order chi connectivity index (χ0) is 22.0. The summed E-state index contributed by atoms with van der Waals surface area (Å²) in [7, 11) is 0. The van der Waals surface area contributed by atoms with E-state index in [2.05, 4.69) is 51.6 Å². The summed E-state index contributed by atoms with van der Waals surface area (Å²) in [4.78, 5) is 9.77. The van der Waals surface area contributed by atoms with Gasteiger partial charge in [0.15, 0.2) is 5.96 Å². The molecule has 0 radical (unpaired) electrons. The number of rotatable bonds is 9. The van der Waals surface area contributed by atoms with Gasteiger partial charge >= 0.3 is 0 Å². The molecule has 4 rings (SSSR count). The number of benzene rings is 1. The van der Waals surface area contributed by atoms with Crippen LogP contribution in [0.2, 0.25) is 0 Å². The lowest BCUT2D eigenvalue weighted by Crippen LogP contribution is -2.41. The Morgan fingerprint density at radius 3 is 2.67 bits per heavy atom. The molecule has 3 heterocycles. The second kappa shape index (κ2) is 13.8. The fraction of sp³-hybridized carbons (Fsp3) is 0.560. The summed E-state index contributed by atoms with van der Waals surface area (Å²) in [6, 6.07) is 13.0. The normalized spacial score (nSPS) is 18.1. The first kappa shape index (κ1) is 25.8. The second-order valence-electron chi connectivity index (χ2n) is 8.60. The predicted molar refractivity (Wildman–Crippen MR) is 145 cm³/mol. The number of morpholine rings is 1. The summed E-state index contributed by atoms with van der Waals surface area (Å²) in [5.74, 6) is 1.83. The van der Waals surface area contributed by atoms with Gasteiger partial charge in [-0.1, -0.05) is 12.1 Å². The van der Waals surface area contributed by atoms with E-state index < -0.39 is 0 Å². The lowest BCUT2D eigenvalue weighted by Gasteiger charge is -2.26. The Bertz CT molecular complexity index is 833. The van der Waals surface area contributed by atoms with Crippen molar-refractivity contribution in [2.45, 2.75) is 32.2 Å². The number of hydrogen-bond acceptors (Lipinski definition) is 5. The highest BCUT2D eigenvalue weighted by Crippen LogP contribution is 2.24. The summed E-state index contributed by atoms with van der Waals surface area (Å²) in [5.41, 5.74) is 2.60. The molecule has 33 heavy (non-hydrogen) atoms. The van der Waals surface area contributed by atoms with Crippen molar-refractivity contribution >= 4 is 35.6 Å². The average Bonchev–Trinajstić information content (AvgIpc) is 3.54. The van der Waals surface area contributed by atoms with Gasteiger partial charge in [-0.3, -0.25) is 9.89 Å². The predicted octanol–water partition coefficient (Wildman–Crippen LogP) is 3.67. The van der Waals surface area contributed by atoms with Crippen LogP contribution in [0.1, 0.15) is 37.1 Å². The summed E-state index contributed by atoms with van der Waals surface area (Å²) in [5, 5.41) is 7.11. The van der Waals surface area contributed by atoms with Crippen LogP contribution in [0.15, 0.2) is 52.1 Å². The molecule has 2 fully saturated rings. The number of furan rings is 1. The zero-order valence-electron chi connectivity index (χ0n) is 19.7. The van der Waals surface area contributed by atoms with Crippen molar-refractivity contribution < 1.29 is 9.15 Å². The quantitative estimate of drug-likeness (QED) is 0.274. The van der Waals surface area contributed by atoms with Crippen molar-refractivity contribution in [2.75, 3.05) is 63.9 Å². The van der Waals surface area contributed by atoms with Crippen LogP contribution in [0.5, 0.6) is 0 Å². The molecule has 1 aromatic heterocycles. The van der Waals surface area contributed by atoms with Crippen molar-refractivity contribution in [2.24, 2.45) is 4.99 Å². The number of hydrogen-bond donors (Lipinski definition) is 2. The smallest absolute Gasteiger partial charge is 0.191 e. The minimum atomic E-state index is 0. The number of halogens is 1. The summed E-state index contributed by atoms with van der Waals surface area (Å²) < 4.78 is 10.9. The van der Waals surface area contributed by atoms with Gasteiger partial charge in [-0.25, -0.2) is 0 Å². The lowest BCUT2D eigenvalue weighted by molar-refractivity contribution is 0.0394. The van der Waals surface area contributed by atoms with Gasteiger partial charge in [-0.2, -0.15) is 0 Å². The van der Waals surface area contributed by atoms with E-state index in [-0.39, 0.29) is 30.0 Å². The van der Waals surface area contributed by atoms with E-state index in [1.54, 1.807) is 6.26 Å². The van der Waals surface area contributed by atoms with Gasteiger partial charge in [-0.05, 0) is 49.6 Å². The average molecular weight is 568 g/mol. The highest BCUT2D eigenvalue weighted by molar-refractivity contribution is 14.0. The fourth-order valence-electron chi connectivity index (χ4n) is 4.29. The van der Waals surface area contributed by atoms with Crippen LogP contribution in [0.3, 0.4) is 0 Å². The number of aliphatic imine (C=N–C) groups is 1. The number of anilines is 1. The van der Waals surface area contributed by atoms with E-state index >= 15 is 0 Å². The molecule has 1 atom stereocenters. The molecule has 2 aromatic rings. The van der Waals surface area contributed by atoms with Gasteiger partial charge in [-0.15, -0.1) is 24.0 Å². The molecule has 2 N–H and O–H groups in total. The van der Waals surface area contributed by atoms with Crippen LogP contribution in [0.25, 0.3) is 0 Å². The number of nitrogens with zero attached hydrogens (tertiary/aromatic N) is 3. The maximum absolute atomic E-state index is 5.46. The number of ether oxygens (including phenoxy) is 1.